The molecule has 20 heavy (non-hydrogen) atoms. The Bertz CT molecular complexity index is 424. The zero-order valence-electron chi connectivity index (χ0n) is 12.6. The van der Waals surface area contributed by atoms with Crippen LogP contribution in [0, 0.1) is 0 Å². The van der Waals surface area contributed by atoms with Gasteiger partial charge in [-0.3, -0.25) is 0 Å². The summed E-state index contributed by atoms with van der Waals surface area (Å²) in [7, 11) is 1.67. The minimum absolute atomic E-state index is 0.656. The molecule has 4 heteroatoms. The van der Waals surface area contributed by atoms with Crippen LogP contribution in [0.1, 0.15) is 25.8 Å². The van der Waals surface area contributed by atoms with Crippen molar-refractivity contribution in [1.29, 1.82) is 0 Å². The average molecular weight is 275 g/mol. The summed E-state index contributed by atoms with van der Waals surface area (Å²) in [5.41, 5.74) is 1.16. The van der Waals surface area contributed by atoms with Crippen molar-refractivity contribution in [2.45, 2.75) is 26.8 Å². The van der Waals surface area contributed by atoms with Gasteiger partial charge < -0.3 is 15.4 Å². The van der Waals surface area contributed by atoms with Crippen molar-refractivity contribution in [3.63, 3.8) is 0 Å². The summed E-state index contributed by atoms with van der Waals surface area (Å²) >= 11 is 0. The fourth-order valence-corrected chi connectivity index (χ4v) is 1.68. The molecule has 1 aromatic carbocycles. The third kappa shape index (κ3) is 6.27. The van der Waals surface area contributed by atoms with E-state index < -0.39 is 0 Å². The topological polar surface area (TPSA) is 45.7 Å². The van der Waals surface area contributed by atoms with Gasteiger partial charge in [0.15, 0.2) is 5.96 Å². The number of aliphatic imine (C=N–C) groups is 1. The van der Waals surface area contributed by atoms with Crippen LogP contribution in [-0.2, 0) is 6.54 Å². The van der Waals surface area contributed by atoms with E-state index in [1.807, 2.05) is 31.2 Å². The van der Waals surface area contributed by atoms with E-state index in [1.165, 1.54) is 0 Å². The largest absolute Gasteiger partial charge is 0.497 e. The molecule has 0 bridgehead atoms. The quantitative estimate of drug-likeness (QED) is 0.348. The molecule has 1 aromatic rings. The third-order valence-corrected chi connectivity index (χ3v) is 2.76. The first kappa shape index (κ1) is 16.1. The number of guanidine groups is 1. The normalized spacial score (nSPS) is 11.7. The van der Waals surface area contributed by atoms with Crippen molar-refractivity contribution in [2.24, 2.45) is 4.99 Å². The summed E-state index contributed by atoms with van der Waals surface area (Å²) < 4.78 is 5.14. The third-order valence-electron chi connectivity index (χ3n) is 2.76. The highest BCUT2D eigenvalue weighted by Crippen LogP contribution is 2.11. The van der Waals surface area contributed by atoms with Crippen LogP contribution in [0.4, 0.5) is 0 Å². The highest BCUT2D eigenvalue weighted by atomic mass is 16.5. The fraction of sp³-hybridized carbons (Fsp3) is 0.438. The van der Waals surface area contributed by atoms with Crippen LogP contribution in [-0.4, -0.2) is 26.2 Å². The van der Waals surface area contributed by atoms with E-state index in [1.54, 1.807) is 7.11 Å². The lowest BCUT2D eigenvalue weighted by Gasteiger charge is -2.10. The fourth-order valence-electron chi connectivity index (χ4n) is 1.68. The van der Waals surface area contributed by atoms with Gasteiger partial charge in [-0.15, -0.1) is 0 Å². The maximum absolute atomic E-state index is 5.14. The van der Waals surface area contributed by atoms with Gasteiger partial charge in [-0.1, -0.05) is 24.3 Å². The Morgan fingerprint density at radius 3 is 2.60 bits per heavy atom. The van der Waals surface area contributed by atoms with E-state index in [0.29, 0.717) is 6.54 Å². The van der Waals surface area contributed by atoms with Gasteiger partial charge in [-0.05, 0) is 38.0 Å². The Labute approximate surface area is 121 Å². The molecule has 0 radical (unpaired) electrons. The van der Waals surface area contributed by atoms with E-state index >= 15 is 0 Å². The van der Waals surface area contributed by atoms with Crippen molar-refractivity contribution in [3.8, 4) is 5.75 Å². The summed E-state index contributed by atoms with van der Waals surface area (Å²) in [6.07, 6.45) is 5.20. The molecule has 0 spiro atoms. The van der Waals surface area contributed by atoms with Crippen molar-refractivity contribution in [2.75, 3.05) is 20.2 Å². The lowest BCUT2D eigenvalue weighted by atomic mass is 10.2. The molecule has 0 amide bonds. The second kappa shape index (κ2) is 9.89. The van der Waals surface area contributed by atoms with Gasteiger partial charge in [0.25, 0.3) is 0 Å². The second-order valence-corrected chi connectivity index (χ2v) is 4.33. The van der Waals surface area contributed by atoms with Crippen LogP contribution in [0.3, 0.4) is 0 Å². The predicted octanol–water partition coefficient (Wildman–Crippen LogP) is 2.72. The molecular formula is C16H25N3O. The second-order valence-electron chi connectivity index (χ2n) is 4.33. The Balaban J connectivity index is 2.51. The van der Waals surface area contributed by atoms with Crippen molar-refractivity contribution in [1.82, 2.24) is 10.6 Å². The van der Waals surface area contributed by atoms with E-state index in [-0.39, 0.29) is 0 Å². The minimum Gasteiger partial charge on any atom is -0.497 e. The number of nitrogens with zero attached hydrogens (tertiary/aromatic N) is 1. The summed E-state index contributed by atoms with van der Waals surface area (Å²) in [5, 5.41) is 6.55. The molecule has 0 aliphatic rings. The molecule has 0 heterocycles. The number of ether oxygens (including phenoxy) is 1. The number of allylic oxidation sites excluding steroid dienone is 1. The smallest absolute Gasteiger partial charge is 0.191 e. The predicted molar refractivity (Wildman–Crippen MR) is 85.2 cm³/mol. The Morgan fingerprint density at radius 1 is 1.25 bits per heavy atom. The summed E-state index contributed by atoms with van der Waals surface area (Å²) in [4.78, 5) is 4.57. The van der Waals surface area contributed by atoms with Gasteiger partial charge >= 0.3 is 0 Å². The maximum Gasteiger partial charge on any atom is 0.191 e. The van der Waals surface area contributed by atoms with Crippen LogP contribution in [0.2, 0.25) is 0 Å². The Kier molecular flexibility index (Phi) is 7.96. The van der Waals surface area contributed by atoms with Gasteiger partial charge in [0.1, 0.15) is 5.75 Å². The molecule has 110 valence electrons. The molecule has 0 atom stereocenters. The van der Waals surface area contributed by atoms with Crippen LogP contribution in [0.5, 0.6) is 5.75 Å². The van der Waals surface area contributed by atoms with Crippen LogP contribution in [0.15, 0.2) is 41.4 Å². The average Bonchev–Trinajstić information content (AvgIpc) is 2.49. The van der Waals surface area contributed by atoms with Crippen molar-refractivity contribution >= 4 is 5.96 Å². The lowest BCUT2D eigenvalue weighted by molar-refractivity contribution is 0.414. The standard InChI is InChI=1S/C16H25N3O/c1-4-6-7-12-18-16(17-5-2)19-13-14-8-10-15(20-3)11-9-14/h4,6,8-11H,5,7,12-13H2,1-3H3,(H2,17,18,19). The molecule has 0 fully saturated rings. The lowest BCUT2D eigenvalue weighted by Crippen LogP contribution is -2.37. The van der Waals surface area contributed by atoms with Crippen LogP contribution < -0.4 is 15.4 Å². The van der Waals surface area contributed by atoms with Crippen molar-refractivity contribution in [3.05, 3.63) is 42.0 Å². The monoisotopic (exact) mass is 275 g/mol. The molecular weight excluding hydrogens is 250 g/mol. The van der Waals surface area contributed by atoms with Gasteiger partial charge in [0, 0.05) is 13.1 Å². The molecule has 1 rings (SSSR count). The molecule has 0 saturated heterocycles. The van der Waals surface area contributed by atoms with Gasteiger partial charge in [0.2, 0.25) is 0 Å². The molecule has 0 aliphatic heterocycles. The molecule has 0 saturated carbocycles. The van der Waals surface area contributed by atoms with Crippen molar-refractivity contribution < 1.29 is 4.74 Å². The van der Waals surface area contributed by atoms with Crippen LogP contribution in [0.25, 0.3) is 0 Å². The SMILES string of the molecule is CC=CCCNC(=NCc1ccc(OC)cc1)NCC. The molecule has 0 aromatic heterocycles. The summed E-state index contributed by atoms with van der Waals surface area (Å²) in [6.45, 7) is 6.50. The zero-order valence-corrected chi connectivity index (χ0v) is 12.6. The van der Waals surface area contributed by atoms with Gasteiger partial charge in [0.05, 0.1) is 13.7 Å². The molecule has 0 aliphatic carbocycles. The number of hydrogen-bond acceptors (Lipinski definition) is 2. The number of rotatable bonds is 7. The van der Waals surface area contributed by atoms with E-state index in [2.05, 4.69) is 34.7 Å². The van der Waals surface area contributed by atoms with E-state index in [4.69, 9.17) is 4.74 Å². The number of methoxy groups -OCH3 is 1. The summed E-state index contributed by atoms with van der Waals surface area (Å²) in [5.74, 6) is 1.72. The Hall–Kier alpha value is -1.97. The number of benzene rings is 1. The highest BCUT2D eigenvalue weighted by Gasteiger charge is 1.97. The van der Waals surface area contributed by atoms with Gasteiger partial charge in [-0.25, -0.2) is 4.99 Å². The molecule has 4 nitrogen and oxygen atoms in total. The molecule has 2 N–H and O–H groups in total. The number of nitrogens with one attached hydrogen (secondary N) is 2. The first-order valence-electron chi connectivity index (χ1n) is 7.06. The van der Waals surface area contributed by atoms with E-state index in [9.17, 15) is 0 Å². The summed E-state index contributed by atoms with van der Waals surface area (Å²) in [6, 6.07) is 7.98. The first-order valence-corrected chi connectivity index (χ1v) is 7.06. The number of hydrogen-bond donors (Lipinski definition) is 2. The highest BCUT2D eigenvalue weighted by molar-refractivity contribution is 5.79. The zero-order chi connectivity index (χ0) is 14.6. The minimum atomic E-state index is 0.656. The maximum atomic E-state index is 5.14. The Morgan fingerprint density at radius 2 is 2.00 bits per heavy atom. The molecule has 0 unspecified atom stereocenters. The van der Waals surface area contributed by atoms with Crippen LogP contribution >= 0.6 is 0 Å². The van der Waals surface area contributed by atoms with Gasteiger partial charge in [-0.2, -0.15) is 0 Å². The van der Waals surface area contributed by atoms with E-state index in [0.717, 1.165) is 36.8 Å². The first-order chi connectivity index (χ1) is 9.80.